The summed E-state index contributed by atoms with van der Waals surface area (Å²) in [6, 6.07) is 0. The van der Waals surface area contributed by atoms with E-state index in [-0.39, 0.29) is 11.0 Å². The highest BCUT2D eigenvalue weighted by atomic mass is 14.9. The first-order chi connectivity index (χ1) is 7.48. The molecular weight excluding hydrogens is 198 g/mol. The Kier molecular flexibility index (Phi) is 2.46. The van der Waals surface area contributed by atoms with Gasteiger partial charge in [0.2, 0.25) is 5.54 Å². The van der Waals surface area contributed by atoms with Crippen LogP contribution in [0.3, 0.4) is 0 Å². The lowest BCUT2D eigenvalue weighted by Gasteiger charge is -2.37. The van der Waals surface area contributed by atoms with Gasteiger partial charge in [-0.25, -0.2) is 16.5 Å². The standard InChI is InChI=1S/C13H17N3/c1-12(2,3)13(14-4)6-5-11-10(7-13)8-15-9-16-11/h8-9H,5-7H2,1-3H3. The average Bonchev–Trinajstić information content (AvgIpc) is 2.27. The molecule has 1 aromatic rings. The summed E-state index contributed by atoms with van der Waals surface area (Å²) >= 11 is 0. The molecule has 0 N–H and O–H groups in total. The van der Waals surface area contributed by atoms with Crippen molar-refractivity contribution in [2.75, 3.05) is 0 Å². The SMILES string of the molecule is [C-]#[N+]C1(C(C)(C)C)CCc2ncncc2C1. The van der Waals surface area contributed by atoms with Crippen LogP contribution in [0.1, 0.15) is 38.4 Å². The van der Waals surface area contributed by atoms with Gasteiger partial charge >= 0.3 is 0 Å². The minimum Gasteiger partial charge on any atom is -0.309 e. The number of aryl methyl sites for hydroxylation is 1. The molecule has 0 radical (unpaired) electrons. The van der Waals surface area contributed by atoms with Gasteiger partial charge in [0.15, 0.2) is 0 Å². The summed E-state index contributed by atoms with van der Waals surface area (Å²) in [6.07, 6.45) is 6.06. The second-order valence-electron chi connectivity index (χ2n) is 5.56. The van der Waals surface area contributed by atoms with Crippen molar-refractivity contribution in [1.82, 2.24) is 9.97 Å². The van der Waals surface area contributed by atoms with Crippen molar-refractivity contribution in [3.05, 3.63) is 35.2 Å². The number of hydrogen-bond donors (Lipinski definition) is 0. The Morgan fingerprint density at radius 3 is 2.81 bits per heavy atom. The molecular formula is C13H17N3. The molecule has 0 bridgehead atoms. The third-order valence-corrected chi connectivity index (χ3v) is 3.75. The molecule has 0 fully saturated rings. The minimum absolute atomic E-state index is 0.00226. The molecule has 1 aromatic heterocycles. The lowest BCUT2D eigenvalue weighted by atomic mass is 9.65. The van der Waals surface area contributed by atoms with Crippen molar-refractivity contribution in [3.8, 4) is 0 Å². The van der Waals surface area contributed by atoms with E-state index in [0.29, 0.717) is 0 Å². The molecule has 2 rings (SSSR count). The molecule has 0 saturated heterocycles. The van der Waals surface area contributed by atoms with Crippen LogP contribution < -0.4 is 0 Å². The number of rotatable bonds is 0. The second kappa shape index (κ2) is 3.55. The minimum atomic E-state index is -0.287. The van der Waals surface area contributed by atoms with Crippen molar-refractivity contribution in [1.29, 1.82) is 0 Å². The lowest BCUT2D eigenvalue weighted by Crippen LogP contribution is -2.44. The van der Waals surface area contributed by atoms with Crippen LogP contribution in [0.2, 0.25) is 0 Å². The number of hydrogen-bond acceptors (Lipinski definition) is 2. The van der Waals surface area contributed by atoms with Crippen LogP contribution >= 0.6 is 0 Å². The molecule has 0 aromatic carbocycles. The fourth-order valence-electron chi connectivity index (χ4n) is 2.39. The number of fused-ring (bicyclic) bond motifs is 1. The Balaban J connectivity index is 2.41. The van der Waals surface area contributed by atoms with Gasteiger partial charge in [0.25, 0.3) is 0 Å². The van der Waals surface area contributed by atoms with Crippen molar-refractivity contribution in [3.63, 3.8) is 0 Å². The van der Waals surface area contributed by atoms with E-state index in [1.54, 1.807) is 6.33 Å². The Labute approximate surface area is 96.8 Å². The van der Waals surface area contributed by atoms with Gasteiger partial charge in [-0.05, 0) is 6.42 Å². The highest BCUT2D eigenvalue weighted by Gasteiger charge is 2.50. The van der Waals surface area contributed by atoms with E-state index in [1.807, 2.05) is 6.20 Å². The van der Waals surface area contributed by atoms with E-state index in [2.05, 4.69) is 35.6 Å². The van der Waals surface area contributed by atoms with E-state index in [0.717, 1.165) is 30.5 Å². The van der Waals surface area contributed by atoms with Crippen molar-refractivity contribution in [2.45, 2.75) is 45.6 Å². The van der Waals surface area contributed by atoms with Gasteiger partial charge in [-0.1, -0.05) is 20.8 Å². The summed E-state index contributed by atoms with van der Waals surface area (Å²) in [5, 5.41) is 0. The monoisotopic (exact) mass is 215 g/mol. The van der Waals surface area contributed by atoms with Crippen molar-refractivity contribution >= 4 is 0 Å². The summed E-state index contributed by atoms with van der Waals surface area (Å²) in [7, 11) is 0. The summed E-state index contributed by atoms with van der Waals surface area (Å²) in [5.41, 5.74) is 1.99. The largest absolute Gasteiger partial charge is 0.309 e. The normalized spacial score (nSPS) is 24.6. The molecule has 1 atom stereocenters. The van der Waals surface area contributed by atoms with Crippen LogP contribution in [-0.4, -0.2) is 15.5 Å². The maximum atomic E-state index is 7.53. The third-order valence-electron chi connectivity index (χ3n) is 3.75. The van der Waals surface area contributed by atoms with Crippen LogP contribution in [0.15, 0.2) is 12.5 Å². The number of aromatic nitrogens is 2. The highest BCUT2D eigenvalue weighted by molar-refractivity contribution is 5.28. The van der Waals surface area contributed by atoms with E-state index in [4.69, 9.17) is 6.57 Å². The van der Waals surface area contributed by atoms with Crippen LogP contribution in [0.5, 0.6) is 0 Å². The first-order valence-electron chi connectivity index (χ1n) is 5.65. The van der Waals surface area contributed by atoms with Crippen molar-refractivity contribution < 1.29 is 0 Å². The molecule has 0 amide bonds. The average molecular weight is 215 g/mol. The first kappa shape index (κ1) is 11.1. The van der Waals surface area contributed by atoms with Gasteiger partial charge < -0.3 is 4.85 Å². The highest BCUT2D eigenvalue weighted by Crippen LogP contribution is 2.43. The van der Waals surface area contributed by atoms with E-state index in [1.165, 1.54) is 0 Å². The molecule has 0 saturated carbocycles. The number of nitrogens with zero attached hydrogens (tertiary/aromatic N) is 3. The van der Waals surface area contributed by atoms with Gasteiger partial charge in [-0.3, -0.25) is 0 Å². The van der Waals surface area contributed by atoms with Crippen molar-refractivity contribution in [2.24, 2.45) is 5.41 Å². The molecule has 1 unspecified atom stereocenters. The van der Waals surface area contributed by atoms with E-state index in [9.17, 15) is 0 Å². The molecule has 3 nitrogen and oxygen atoms in total. The van der Waals surface area contributed by atoms with Crippen LogP contribution in [0, 0.1) is 12.0 Å². The fraction of sp³-hybridized carbons (Fsp3) is 0.615. The van der Waals surface area contributed by atoms with Gasteiger partial charge in [-0.15, -0.1) is 0 Å². The quantitative estimate of drug-likeness (QED) is 0.623. The molecule has 1 aliphatic carbocycles. The zero-order chi connectivity index (χ0) is 11.8. The maximum Gasteiger partial charge on any atom is 0.241 e. The van der Waals surface area contributed by atoms with E-state index < -0.39 is 0 Å². The molecule has 3 heteroatoms. The second-order valence-corrected chi connectivity index (χ2v) is 5.56. The molecule has 0 spiro atoms. The summed E-state index contributed by atoms with van der Waals surface area (Å²) in [4.78, 5) is 12.3. The zero-order valence-corrected chi connectivity index (χ0v) is 10.1. The molecule has 1 aliphatic rings. The third kappa shape index (κ3) is 1.59. The Hall–Kier alpha value is -1.43. The first-order valence-corrected chi connectivity index (χ1v) is 5.65. The molecule has 1 heterocycles. The lowest BCUT2D eigenvalue weighted by molar-refractivity contribution is 0.206. The van der Waals surface area contributed by atoms with Crippen LogP contribution in [0.25, 0.3) is 4.85 Å². The van der Waals surface area contributed by atoms with Gasteiger partial charge in [0, 0.05) is 29.3 Å². The fourth-order valence-corrected chi connectivity index (χ4v) is 2.39. The molecule has 16 heavy (non-hydrogen) atoms. The molecule has 84 valence electrons. The Morgan fingerprint density at radius 2 is 2.19 bits per heavy atom. The predicted molar refractivity (Wildman–Crippen MR) is 62.8 cm³/mol. The topological polar surface area (TPSA) is 30.1 Å². The van der Waals surface area contributed by atoms with Gasteiger partial charge in [-0.2, -0.15) is 0 Å². The maximum absolute atomic E-state index is 7.53. The smallest absolute Gasteiger partial charge is 0.241 e. The Bertz CT molecular complexity index is 439. The van der Waals surface area contributed by atoms with Crippen LogP contribution in [-0.2, 0) is 12.8 Å². The summed E-state index contributed by atoms with van der Waals surface area (Å²) in [6.45, 7) is 14.0. The van der Waals surface area contributed by atoms with Gasteiger partial charge in [0.05, 0.1) is 6.42 Å². The Morgan fingerprint density at radius 1 is 1.44 bits per heavy atom. The summed E-state index contributed by atoms with van der Waals surface area (Å²) < 4.78 is 0. The van der Waals surface area contributed by atoms with Crippen LogP contribution in [0.4, 0.5) is 0 Å². The summed E-state index contributed by atoms with van der Waals surface area (Å²) in [5.74, 6) is 0. The van der Waals surface area contributed by atoms with Gasteiger partial charge in [0.1, 0.15) is 6.33 Å². The predicted octanol–water partition coefficient (Wildman–Crippen LogP) is 2.67. The zero-order valence-electron chi connectivity index (χ0n) is 10.1. The van der Waals surface area contributed by atoms with E-state index >= 15 is 0 Å². The molecule has 0 aliphatic heterocycles.